The molecule has 3 N–H and O–H groups in total. The van der Waals surface area contributed by atoms with Gasteiger partial charge in [0.25, 0.3) is 0 Å². The van der Waals surface area contributed by atoms with E-state index >= 15 is 0 Å². The van der Waals surface area contributed by atoms with Gasteiger partial charge < -0.3 is 15.6 Å². The highest BCUT2D eigenvalue weighted by atomic mass is 16.5. The van der Waals surface area contributed by atoms with Crippen LogP contribution < -0.4 is 10.5 Å². The van der Waals surface area contributed by atoms with Crippen molar-refractivity contribution in [1.82, 2.24) is 0 Å². The molecule has 0 bridgehead atoms. The van der Waals surface area contributed by atoms with Crippen LogP contribution in [0.25, 0.3) is 0 Å². The number of hydrogen-bond donors (Lipinski definition) is 2. The molecule has 0 heterocycles. The highest BCUT2D eigenvalue weighted by molar-refractivity contribution is 5.61. The molecule has 90 valence electrons. The lowest BCUT2D eigenvalue weighted by atomic mass is 9.86. The molecule has 0 aromatic heterocycles. The third-order valence-corrected chi connectivity index (χ3v) is 2.39. The number of ether oxygens (including phenoxy) is 1. The summed E-state index contributed by atoms with van der Waals surface area (Å²) in [6, 6.07) is 3.53. The standard InChI is InChI=1S/C13H21NO2/c1-5-6-16-9-7-10(13(2,3)4)12(15)11(14)8-9/h7-8,15H,5-6,14H2,1-4H3. The van der Waals surface area contributed by atoms with E-state index in [1.165, 1.54) is 0 Å². The van der Waals surface area contributed by atoms with Gasteiger partial charge in [-0.05, 0) is 17.9 Å². The van der Waals surface area contributed by atoms with Crippen molar-refractivity contribution >= 4 is 5.69 Å². The van der Waals surface area contributed by atoms with Gasteiger partial charge >= 0.3 is 0 Å². The van der Waals surface area contributed by atoms with Crippen molar-refractivity contribution in [2.24, 2.45) is 0 Å². The zero-order valence-corrected chi connectivity index (χ0v) is 10.5. The molecule has 0 saturated carbocycles. The van der Waals surface area contributed by atoms with Crippen LogP contribution in [0, 0.1) is 0 Å². The van der Waals surface area contributed by atoms with Gasteiger partial charge in [-0.25, -0.2) is 0 Å². The predicted molar refractivity (Wildman–Crippen MR) is 67.0 cm³/mol. The summed E-state index contributed by atoms with van der Waals surface area (Å²) in [5, 5.41) is 9.90. The summed E-state index contributed by atoms with van der Waals surface area (Å²) in [6.45, 7) is 8.81. The number of phenolic OH excluding ortho intramolecular Hbond substituents is 1. The number of rotatable bonds is 3. The molecule has 3 nitrogen and oxygen atoms in total. The minimum absolute atomic E-state index is 0.149. The maximum absolute atomic E-state index is 9.90. The SMILES string of the molecule is CCCOc1cc(N)c(O)c(C(C)(C)C)c1. The summed E-state index contributed by atoms with van der Waals surface area (Å²) in [7, 11) is 0. The minimum Gasteiger partial charge on any atom is -0.505 e. The van der Waals surface area contributed by atoms with Crippen molar-refractivity contribution in [3.8, 4) is 11.5 Å². The van der Waals surface area contributed by atoms with Gasteiger partial charge in [0.05, 0.1) is 12.3 Å². The predicted octanol–water partition coefficient (Wildman–Crippen LogP) is 3.06. The molecule has 0 aliphatic carbocycles. The first-order chi connectivity index (χ1) is 7.36. The molecule has 0 aliphatic rings. The summed E-state index contributed by atoms with van der Waals surface area (Å²) < 4.78 is 5.54. The minimum atomic E-state index is -0.149. The van der Waals surface area contributed by atoms with Crippen molar-refractivity contribution in [2.45, 2.75) is 39.5 Å². The van der Waals surface area contributed by atoms with E-state index in [0.717, 1.165) is 17.7 Å². The Morgan fingerprint density at radius 1 is 1.31 bits per heavy atom. The largest absolute Gasteiger partial charge is 0.505 e. The molecule has 0 saturated heterocycles. The summed E-state index contributed by atoms with van der Waals surface area (Å²) in [6.07, 6.45) is 0.950. The van der Waals surface area contributed by atoms with Crippen LogP contribution in [0.5, 0.6) is 11.5 Å². The summed E-state index contributed by atoms with van der Waals surface area (Å²) in [5.74, 6) is 0.887. The topological polar surface area (TPSA) is 55.5 Å². The molecule has 0 amide bonds. The smallest absolute Gasteiger partial charge is 0.142 e. The second-order valence-corrected chi connectivity index (χ2v) is 5.01. The fraction of sp³-hybridized carbons (Fsp3) is 0.538. The first kappa shape index (κ1) is 12.7. The molecule has 3 heteroatoms. The van der Waals surface area contributed by atoms with E-state index in [0.29, 0.717) is 12.3 Å². The number of nitrogens with two attached hydrogens (primary N) is 1. The summed E-state index contributed by atoms with van der Waals surface area (Å²) >= 11 is 0. The van der Waals surface area contributed by atoms with E-state index in [9.17, 15) is 5.11 Å². The molecule has 1 rings (SSSR count). The van der Waals surface area contributed by atoms with E-state index in [-0.39, 0.29) is 11.2 Å². The van der Waals surface area contributed by atoms with Crippen molar-refractivity contribution in [3.63, 3.8) is 0 Å². The molecule has 0 aliphatic heterocycles. The van der Waals surface area contributed by atoms with Gasteiger partial charge in [-0.3, -0.25) is 0 Å². The highest BCUT2D eigenvalue weighted by Crippen LogP contribution is 2.38. The maximum Gasteiger partial charge on any atom is 0.142 e. The van der Waals surface area contributed by atoms with Crippen LogP contribution >= 0.6 is 0 Å². The Labute approximate surface area is 97.2 Å². The number of nitrogen functional groups attached to an aromatic ring is 1. The van der Waals surface area contributed by atoms with E-state index in [1.807, 2.05) is 26.8 Å². The number of aromatic hydroxyl groups is 1. The normalized spacial score (nSPS) is 11.5. The van der Waals surface area contributed by atoms with Crippen LogP contribution in [0.2, 0.25) is 0 Å². The molecule has 0 unspecified atom stereocenters. The Bertz CT molecular complexity index is 367. The van der Waals surface area contributed by atoms with E-state index < -0.39 is 0 Å². The van der Waals surface area contributed by atoms with E-state index in [1.54, 1.807) is 6.07 Å². The van der Waals surface area contributed by atoms with Crippen molar-refractivity contribution in [2.75, 3.05) is 12.3 Å². The summed E-state index contributed by atoms with van der Waals surface area (Å²) in [5.41, 5.74) is 6.80. The van der Waals surface area contributed by atoms with Crippen molar-refractivity contribution in [1.29, 1.82) is 0 Å². The third-order valence-electron chi connectivity index (χ3n) is 2.39. The maximum atomic E-state index is 9.90. The monoisotopic (exact) mass is 223 g/mol. The van der Waals surface area contributed by atoms with E-state index in [4.69, 9.17) is 10.5 Å². The van der Waals surface area contributed by atoms with Gasteiger partial charge in [0, 0.05) is 11.6 Å². The first-order valence-electron chi connectivity index (χ1n) is 5.62. The Kier molecular flexibility index (Phi) is 3.68. The molecule has 0 fully saturated rings. The van der Waals surface area contributed by atoms with Gasteiger partial charge in [-0.15, -0.1) is 0 Å². The van der Waals surface area contributed by atoms with Crippen LogP contribution in [0.4, 0.5) is 5.69 Å². The van der Waals surface area contributed by atoms with Crippen LogP contribution in [-0.2, 0) is 5.41 Å². The van der Waals surface area contributed by atoms with Crippen LogP contribution in [-0.4, -0.2) is 11.7 Å². The van der Waals surface area contributed by atoms with Crippen molar-refractivity contribution in [3.05, 3.63) is 17.7 Å². The lowest BCUT2D eigenvalue weighted by Crippen LogP contribution is -2.12. The second kappa shape index (κ2) is 4.64. The quantitative estimate of drug-likeness (QED) is 0.611. The van der Waals surface area contributed by atoms with E-state index in [2.05, 4.69) is 6.92 Å². The molecular weight excluding hydrogens is 202 g/mol. The van der Waals surface area contributed by atoms with Gasteiger partial charge in [0.1, 0.15) is 11.5 Å². The Hall–Kier alpha value is -1.38. The Morgan fingerprint density at radius 3 is 2.44 bits per heavy atom. The van der Waals surface area contributed by atoms with Crippen LogP contribution in [0.3, 0.4) is 0 Å². The summed E-state index contributed by atoms with van der Waals surface area (Å²) in [4.78, 5) is 0. The average molecular weight is 223 g/mol. The number of phenols is 1. The molecular formula is C13H21NO2. The zero-order valence-electron chi connectivity index (χ0n) is 10.5. The van der Waals surface area contributed by atoms with Crippen LogP contribution in [0.15, 0.2) is 12.1 Å². The number of hydrogen-bond acceptors (Lipinski definition) is 3. The second-order valence-electron chi connectivity index (χ2n) is 5.01. The lowest BCUT2D eigenvalue weighted by molar-refractivity contribution is 0.315. The Morgan fingerprint density at radius 2 is 1.94 bits per heavy atom. The van der Waals surface area contributed by atoms with Gasteiger partial charge in [-0.2, -0.15) is 0 Å². The van der Waals surface area contributed by atoms with Gasteiger partial charge in [0.2, 0.25) is 0 Å². The fourth-order valence-electron chi connectivity index (χ4n) is 1.50. The van der Waals surface area contributed by atoms with Crippen LogP contribution in [0.1, 0.15) is 39.7 Å². The number of anilines is 1. The van der Waals surface area contributed by atoms with Crippen molar-refractivity contribution < 1.29 is 9.84 Å². The number of benzene rings is 1. The highest BCUT2D eigenvalue weighted by Gasteiger charge is 2.20. The Balaban J connectivity index is 3.12. The molecule has 1 aromatic rings. The molecule has 0 spiro atoms. The fourth-order valence-corrected chi connectivity index (χ4v) is 1.50. The average Bonchev–Trinajstić information content (AvgIpc) is 2.17. The first-order valence-corrected chi connectivity index (χ1v) is 5.62. The van der Waals surface area contributed by atoms with Gasteiger partial charge in [0.15, 0.2) is 0 Å². The lowest BCUT2D eigenvalue weighted by Gasteiger charge is -2.22. The molecule has 0 radical (unpaired) electrons. The molecule has 0 atom stereocenters. The van der Waals surface area contributed by atoms with Gasteiger partial charge in [-0.1, -0.05) is 27.7 Å². The zero-order chi connectivity index (χ0) is 12.3. The molecule has 16 heavy (non-hydrogen) atoms. The molecule has 1 aromatic carbocycles. The third kappa shape index (κ3) is 2.81.